The molecule has 26 heavy (non-hydrogen) atoms. The molecule has 0 spiro atoms. The van der Waals surface area contributed by atoms with Crippen LogP contribution in [0.2, 0.25) is 0 Å². The third-order valence-corrected chi connectivity index (χ3v) is 5.69. The summed E-state index contributed by atoms with van der Waals surface area (Å²) in [6, 6.07) is 6.96. The van der Waals surface area contributed by atoms with Crippen LogP contribution in [-0.2, 0) is 21.3 Å². The highest BCUT2D eigenvalue weighted by Gasteiger charge is 2.28. The Morgan fingerprint density at radius 3 is 2.46 bits per heavy atom. The van der Waals surface area contributed by atoms with E-state index >= 15 is 0 Å². The molecule has 1 aromatic carbocycles. The van der Waals surface area contributed by atoms with Crippen LogP contribution in [0.15, 0.2) is 35.4 Å². The second-order valence-corrected chi connectivity index (χ2v) is 8.20. The summed E-state index contributed by atoms with van der Waals surface area (Å²) >= 11 is 0. The van der Waals surface area contributed by atoms with E-state index in [1.165, 1.54) is 12.3 Å². The zero-order chi connectivity index (χ0) is 18.9. The smallest absolute Gasteiger partial charge is 0.270 e. The lowest BCUT2D eigenvalue weighted by atomic mass is 10.1. The van der Waals surface area contributed by atoms with Crippen LogP contribution in [0.4, 0.5) is 5.69 Å². The lowest BCUT2D eigenvalue weighted by molar-refractivity contribution is 0.0641. The molecule has 0 bridgehead atoms. The number of ether oxygens (including phenoxy) is 1. The summed E-state index contributed by atoms with van der Waals surface area (Å²) in [5.41, 5.74) is 2.85. The fourth-order valence-corrected chi connectivity index (χ4v) is 4.23. The van der Waals surface area contributed by atoms with E-state index in [-0.39, 0.29) is 10.8 Å². The molecule has 0 saturated carbocycles. The van der Waals surface area contributed by atoms with Gasteiger partial charge in [0, 0.05) is 38.6 Å². The average molecular weight is 377 g/mol. The van der Waals surface area contributed by atoms with E-state index in [0.717, 1.165) is 11.1 Å². The average Bonchev–Trinajstić information content (AvgIpc) is 2.99. The van der Waals surface area contributed by atoms with Gasteiger partial charge in [0.05, 0.1) is 6.61 Å². The number of rotatable bonds is 6. The molecule has 7 nitrogen and oxygen atoms in total. The maximum atomic E-state index is 12.7. The van der Waals surface area contributed by atoms with Crippen molar-refractivity contribution in [3.05, 3.63) is 47.3 Å². The number of sulfonamides is 1. The number of nitrogens with zero attached hydrogens (tertiary/aromatic N) is 2. The molecule has 1 aromatic heterocycles. The zero-order valence-corrected chi connectivity index (χ0v) is 16.0. The van der Waals surface area contributed by atoms with Crippen molar-refractivity contribution in [3.63, 3.8) is 0 Å². The SMILES string of the molecule is COCCN1CCn2cc(S(=O)(=O)Nc3cc(C)cc(C)c3)cc2C1=O. The molecular formula is C18H23N3O4S. The summed E-state index contributed by atoms with van der Waals surface area (Å²) in [5.74, 6) is -0.179. The van der Waals surface area contributed by atoms with Crippen molar-refractivity contribution in [3.8, 4) is 0 Å². The maximum Gasteiger partial charge on any atom is 0.270 e. The first-order valence-electron chi connectivity index (χ1n) is 8.39. The van der Waals surface area contributed by atoms with Gasteiger partial charge in [0.1, 0.15) is 10.6 Å². The van der Waals surface area contributed by atoms with Crippen molar-refractivity contribution in [1.82, 2.24) is 9.47 Å². The van der Waals surface area contributed by atoms with Gasteiger partial charge in [-0.25, -0.2) is 8.42 Å². The van der Waals surface area contributed by atoms with Gasteiger partial charge in [-0.3, -0.25) is 9.52 Å². The third-order valence-electron chi connectivity index (χ3n) is 4.34. The van der Waals surface area contributed by atoms with Gasteiger partial charge in [-0.15, -0.1) is 0 Å². The van der Waals surface area contributed by atoms with Crippen LogP contribution in [-0.4, -0.2) is 50.6 Å². The zero-order valence-electron chi connectivity index (χ0n) is 15.2. The number of nitrogens with one attached hydrogen (secondary N) is 1. The Morgan fingerprint density at radius 1 is 1.12 bits per heavy atom. The Bertz CT molecular complexity index is 914. The van der Waals surface area contributed by atoms with E-state index in [4.69, 9.17) is 4.74 Å². The van der Waals surface area contributed by atoms with E-state index in [1.807, 2.05) is 19.9 Å². The molecule has 1 aliphatic rings. The van der Waals surface area contributed by atoms with Gasteiger partial charge in [-0.05, 0) is 43.2 Å². The van der Waals surface area contributed by atoms with E-state index in [0.29, 0.717) is 37.6 Å². The molecule has 0 saturated heterocycles. The topological polar surface area (TPSA) is 80.6 Å². The van der Waals surface area contributed by atoms with Crippen molar-refractivity contribution in [2.24, 2.45) is 0 Å². The first kappa shape index (κ1) is 18.5. The van der Waals surface area contributed by atoms with Gasteiger partial charge >= 0.3 is 0 Å². The number of anilines is 1. The molecule has 140 valence electrons. The molecule has 3 rings (SSSR count). The minimum Gasteiger partial charge on any atom is -0.383 e. The molecule has 1 N–H and O–H groups in total. The Labute approximate surface area is 153 Å². The highest BCUT2D eigenvalue weighted by atomic mass is 32.2. The molecule has 0 fully saturated rings. The molecule has 2 aromatic rings. The summed E-state index contributed by atoms with van der Waals surface area (Å²) in [7, 11) is -2.18. The van der Waals surface area contributed by atoms with Crippen molar-refractivity contribution in [2.75, 3.05) is 31.5 Å². The second-order valence-electron chi connectivity index (χ2n) is 6.52. The standard InChI is InChI=1S/C18H23N3O4S/c1-13-8-14(2)10-15(9-13)19-26(23,24)16-11-17-18(22)20(6-7-25-3)4-5-21(17)12-16/h8-12,19H,4-7H2,1-3H3. The largest absolute Gasteiger partial charge is 0.383 e. The molecule has 0 atom stereocenters. The van der Waals surface area contributed by atoms with E-state index in [2.05, 4.69) is 4.72 Å². The maximum absolute atomic E-state index is 12.7. The number of methoxy groups -OCH3 is 1. The first-order chi connectivity index (χ1) is 12.3. The molecule has 1 amide bonds. The second kappa shape index (κ2) is 7.13. The number of aryl methyl sites for hydroxylation is 2. The highest BCUT2D eigenvalue weighted by molar-refractivity contribution is 7.92. The predicted octanol–water partition coefficient (Wildman–Crippen LogP) is 2.01. The normalized spacial score (nSPS) is 14.4. The minimum absolute atomic E-state index is 0.0913. The highest BCUT2D eigenvalue weighted by Crippen LogP contribution is 2.23. The quantitative estimate of drug-likeness (QED) is 0.835. The Hall–Kier alpha value is -2.32. The fraction of sp³-hybridized carbons (Fsp3) is 0.389. The summed E-state index contributed by atoms with van der Waals surface area (Å²) in [4.78, 5) is 14.3. The summed E-state index contributed by atoms with van der Waals surface area (Å²) in [6.07, 6.45) is 1.52. The number of hydrogen-bond acceptors (Lipinski definition) is 4. The monoisotopic (exact) mass is 377 g/mol. The fourth-order valence-electron chi connectivity index (χ4n) is 3.15. The summed E-state index contributed by atoms with van der Waals surface area (Å²) in [6.45, 7) is 5.86. The van der Waals surface area contributed by atoms with Crippen LogP contribution in [0.3, 0.4) is 0 Å². The van der Waals surface area contributed by atoms with E-state index in [1.54, 1.807) is 28.7 Å². The van der Waals surface area contributed by atoms with Crippen molar-refractivity contribution in [1.29, 1.82) is 0 Å². The van der Waals surface area contributed by atoms with Crippen molar-refractivity contribution in [2.45, 2.75) is 25.3 Å². The molecule has 0 radical (unpaired) electrons. The van der Waals surface area contributed by atoms with Gasteiger partial charge in [-0.2, -0.15) is 0 Å². The predicted molar refractivity (Wildman–Crippen MR) is 98.9 cm³/mol. The number of carbonyl (C=O) groups excluding carboxylic acids is 1. The molecule has 2 heterocycles. The van der Waals surface area contributed by atoms with E-state index in [9.17, 15) is 13.2 Å². The number of aromatic nitrogens is 1. The number of hydrogen-bond donors (Lipinski definition) is 1. The Morgan fingerprint density at radius 2 is 1.81 bits per heavy atom. The van der Waals surface area contributed by atoms with Crippen LogP contribution in [0, 0.1) is 13.8 Å². The Balaban J connectivity index is 1.85. The van der Waals surface area contributed by atoms with Gasteiger partial charge in [0.25, 0.3) is 15.9 Å². The molecule has 8 heteroatoms. The number of carbonyl (C=O) groups is 1. The minimum atomic E-state index is -3.77. The molecular weight excluding hydrogens is 354 g/mol. The van der Waals surface area contributed by atoms with Gasteiger partial charge in [-0.1, -0.05) is 6.07 Å². The first-order valence-corrected chi connectivity index (χ1v) is 9.88. The van der Waals surface area contributed by atoms with Crippen LogP contribution in [0.25, 0.3) is 0 Å². The van der Waals surface area contributed by atoms with Crippen LogP contribution < -0.4 is 4.72 Å². The third kappa shape index (κ3) is 3.76. The summed E-state index contributed by atoms with van der Waals surface area (Å²) in [5, 5.41) is 0. The van der Waals surface area contributed by atoms with E-state index < -0.39 is 10.0 Å². The Kier molecular flexibility index (Phi) is 5.06. The molecule has 0 aliphatic carbocycles. The lowest BCUT2D eigenvalue weighted by Crippen LogP contribution is -2.41. The van der Waals surface area contributed by atoms with Gasteiger partial charge < -0.3 is 14.2 Å². The molecule has 0 unspecified atom stereocenters. The number of fused-ring (bicyclic) bond motifs is 1. The molecule has 1 aliphatic heterocycles. The lowest BCUT2D eigenvalue weighted by Gasteiger charge is -2.27. The summed E-state index contributed by atoms with van der Waals surface area (Å²) < 4.78 is 34.8. The number of amides is 1. The van der Waals surface area contributed by atoms with Crippen LogP contribution >= 0.6 is 0 Å². The van der Waals surface area contributed by atoms with Crippen LogP contribution in [0.5, 0.6) is 0 Å². The van der Waals surface area contributed by atoms with Crippen molar-refractivity contribution >= 4 is 21.6 Å². The van der Waals surface area contributed by atoms with Gasteiger partial charge in [0.15, 0.2) is 0 Å². The number of benzene rings is 1. The van der Waals surface area contributed by atoms with Crippen molar-refractivity contribution < 1.29 is 17.9 Å². The van der Waals surface area contributed by atoms with Crippen LogP contribution in [0.1, 0.15) is 21.6 Å². The van der Waals surface area contributed by atoms with Gasteiger partial charge in [0.2, 0.25) is 0 Å².